The number of rotatable bonds is 5. The van der Waals surface area contributed by atoms with Gasteiger partial charge >= 0.3 is 4.87 Å². The molecular weight excluding hydrogens is 290 g/mol. The summed E-state index contributed by atoms with van der Waals surface area (Å²) in [7, 11) is 0. The van der Waals surface area contributed by atoms with Crippen LogP contribution in [-0.4, -0.2) is 14.3 Å². The van der Waals surface area contributed by atoms with Crippen LogP contribution in [0.2, 0.25) is 0 Å². The van der Waals surface area contributed by atoms with Gasteiger partial charge in [-0.25, -0.2) is 4.98 Å². The molecule has 0 aliphatic heterocycles. The molecule has 0 spiro atoms. The molecule has 0 atom stereocenters. The number of nitrogens with zero attached hydrogens (tertiary/aromatic N) is 2. The summed E-state index contributed by atoms with van der Waals surface area (Å²) in [5.74, 6) is 0.534. The van der Waals surface area contributed by atoms with Gasteiger partial charge in [-0.1, -0.05) is 37.3 Å². The second-order valence-corrected chi connectivity index (χ2v) is 5.53. The first kappa shape index (κ1) is 14.6. The van der Waals surface area contributed by atoms with E-state index in [1.807, 2.05) is 36.6 Å². The first-order valence-electron chi connectivity index (χ1n) is 6.26. The van der Waals surface area contributed by atoms with Gasteiger partial charge in [-0.3, -0.25) is 9.78 Å². The van der Waals surface area contributed by atoms with Crippen molar-refractivity contribution in [3.63, 3.8) is 0 Å². The summed E-state index contributed by atoms with van der Waals surface area (Å²) in [6.07, 6.45) is 11.2. The zero-order valence-corrected chi connectivity index (χ0v) is 12.9. The third-order valence-electron chi connectivity index (χ3n) is 2.43. The molecule has 0 aliphatic carbocycles. The first-order chi connectivity index (χ1) is 9.74. The van der Waals surface area contributed by atoms with Crippen LogP contribution in [0, 0.1) is 0 Å². The highest BCUT2D eigenvalue weighted by molar-refractivity contribution is 7.11. The van der Waals surface area contributed by atoms with E-state index in [9.17, 15) is 4.79 Å². The molecule has 1 N–H and O–H groups in total. The minimum absolute atomic E-state index is 0.162. The van der Waals surface area contributed by atoms with Crippen LogP contribution in [0.3, 0.4) is 0 Å². The van der Waals surface area contributed by atoms with Gasteiger partial charge in [-0.05, 0) is 13.3 Å². The number of H-pyrrole nitrogens is 1. The number of thiazole rings is 1. The normalized spacial score (nSPS) is 12.8. The zero-order valence-electron chi connectivity index (χ0n) is 11.3. The Morgan fingerprint density at radius 1 is 1.50 bits per heavy atom. The summed E-state index contributed by atoms with van der Waals surface area (Å²) >= 11 is 2.45. The smallest absolute Gasteiger partial charge is 0.294 e. The summed E-state index contributed by atoms with van der Waals surface area (Å²) in [5.41, 5.74) is 1.75. The SMILES string of the molecule is C\C=C/C(=C\C=C\CC)c1nc(-c2nsc(=O)[nH]2)cs1. The van der Waals surface area contributed by atoms with Crippen LogP contribution < -0.4 is 4.87 Å². The van der Waals surface area contributed by atoms with Crippen LogP contribution in [0.25, 0.3) is 17.1 Å². The van der Waals surface area contributed by atoms with Crippen LogP contribution in [0.4, 0.5) is 0 Å². The molecule has 0 fully saturated rings. The van der Waals surface area contributed by atoms with Gasteiger partial charge in [-0.15, -0.1) is 11.3 Å². The Morgan fingerprint density at radius 3 is 3.00 bits per heavy atom. The molecule has 2 aromatic rings. The van der Waals surface area contributed by atoms with Crippen molar-refractivity contribution in [3.05, 3.63) is 50.4 Å². The van der Waals surface area contributed by atoms with Crippen molar-refractivity contribution in [1.29, 1.82) is 0 Å². The molecule has 104 valence electrons. The lowest BCUT2D eigenvalue weighted by Crippen LogP contribution is -1.92. The van der Waals surface area contributed by atoms with E-state index < -0.39 is 0 Å². The van der Waals surface area contributed by atoms with E-state index in [2.05, 4.69) is 27.3 Å². The van der Waals surface area contributed by atoms with E-state index in [4.69, 9.17) is 0 Å². The summed E-state index contributed by atoms with van der Waals surface area (Å²) in [6.45, 7) is 4.07. The Labute approximate surface area is 125 Å². The second kappa shape index (κ2) is 7.12. The molecule has 0 bridgehead atoms. The molecular formula is C14H15N3OS2. The van der Waals surface area contributed by atoms with E-state index >= 15 is 0 Å². The van der Waals surface area contributed by atoms with Gasteiger partial charge in [0.1, 0.15) is 10.7 Å². The Bertz CT molecular complexity index is 704. The topological polar surface area (TPSA) is 58.6 Å². The molecule has 20 heavy (non-hydrogen) atoms. The molecule has 0 unspecified atom stereocenters. The number of nitrogens with one attached hydrogen (secondary N) is 1. The minimum atomic E-state index is -0.162. The van der Waals surface area contributed by atoms with Gasteiger partial charge in [0.15, 0.2) is 5.82 Å². The van der Waals surface area contributed by atoms with Crippen molar-refractivity contribution in [3.8, 4) is 11.5 Å². The van der Waals surface area contributed by atoms with Crippen molar-refractivity contribution in [2.75, 3.05) is 0 Å². The summed E-state index contributed by atoms with van der Waals surface area (Å²) in [4.78, 5) is 18.2. The minimum Gasteiger partial charge on any atom is -0.294 e. The van der Waals surface area contributed by atoms with Crippen LogP contribution in [-0.2, 0) is 0 Å². The highest BCUT2D eigenvalue weighted by Gasteiger charge is 2.09. The number of aromatic nitrogens is 3. The molecule has 0 saturated heterocycles. The molecule has 0 aromatic carbocycles. The van der Waals surface area contributed by atoms with Gasteiger partial charge in [-0.2, -0.15) is 4.37 Å². The highest BCUT2D eigenvalue weighted by atomic mass is 32.1. The Kier molecular flexibility index (Phi) is 5.20. The molecule has 0 saturated carbocycles. The maximum atomic E-state index is 11.1. The lowest BCUT2D eigenvalue weighted by atomic mass is 10.2. The molecule has 2 rings (SSSR count). The largest absolute Gasteiger partial charge is 0.323 e. The van der Waals surface area contributed by atoms with Crippen molar-refractivity contribution in [2.24, 2.45) is 0 Å². The van der Waals surface area contributed by atoms with Crippen LogP contribution in [0.1, 0.15) is 25.3 Å². The summed E-state index contributed by atoms with van der Waals surface area (Å²) < 4.78 is 4.05. The first-order valence-corrected chi connectivity index (χ1v) is 7.91. The lowest BCUT2D eigenvalue weighted by molar-refractivity contribution is 1.22. The third-order valence-corrected chi connectivity index (χ3v) is 3.86. The van der Waals surface area contributed by atoms with E-state index in [0.717, 1.165) is 28.5 Å². The predicted molar refractivity (Wildman–Crippen MR) is 86.1 cm³/mol. The average Bonchev–Trinajstić information content (AvgIpc) is 3.06. The molecule has 0 aliphatic rings. The number of hydrogen-bond acceptors (Lipinski definition) is 5. The van der Waals surface area contributed by atoms with Gasteiger partial charge in [0, 0.05) is 22.5 Å². The lowest BCUT2D eigenvalue weighted by Gasteiger charge is -1.94. The van der Waals surface area contributed by atoms with Gasteiger partial charge < -0.3 is 0 Å². The Hall–Kier alpha value is -1.79. The van der Waals surface area contributed by atoms with Crippen LogP contribution in [0.15, 0.2) is 40.6 Å². The van der Waals surface area contributed by atoms with Gasteiger partial charge in [0.05, 0.1) is 0 Å². The fourth-order valence-electron chi connectivity index (χ4n) is 1.54. The van der Waals surface area contributed by atoms with E-state index in [0.29, 0.717) is 11.5 Å². The maximum absolute atomic E-state index is 11.1. The monoisotopic (exact) mass is 305 g/mol. The van der Waals surface area contributed by atoms with E-state index in [-0.39, 0.29) is 4.87 Å². The number of allylic oxidation sites excluding steroid dienone is 6. The fraction of sp³-hybridized carbons (Fsp3) is 0.214. The molecule has 2 aromatic heterocycles. The van der Waals surface area contributed by atoms with Crippen molar-refractivity contribution >= 4 is 28.4 Å². The molecule has 2 heterocycles. The van der Waals surface area contributed by atoms with Crippen LogP contribution >= 0.6 is 22.9 Å². The maximum Gasteiger partial charge on any atom is 0.323 e. The molecule has 0 radical (unpaired) electrons. The second-order valence-electron chi connectivity index (χ2n) is 3.94. The average molecular weight is 305 g/mol. The van der Waals surface area contributed by atoms with Gasteiger partial charge in [0.25, 0.3) is 0 Å². The zero-order chi connectivity index (χ0) is 14.4. The number of aromatic amines is 1. The molecule has 6 heteroatoms. The number of hydrogen-bond donors (Lipinski definition) is 1. The van der Waals surface area contributed by atoms with Gasteiger partial charge in [0.2, 0.25) is 0 Å². The predicted octanol–water partition coefficient (Wildman–Crippen LogP) is 3.88. The quantitative estimate of drug-likeness (QED) is 0.853. The van der Waals surface area contributed by atoms with Crippen molar-refractivity contribution < 1.29 is 0 Å². The highest BCUT2D eigenvalue weighted by Crippen LogP contribution is 2.25. The summed E-state index contributed by atoms with van der Waals surface area (Å²) in [5, 5.41) is 2.81. The molecule has 4 nitrogen and oxygen atoms in total. The fourth-order valence-corrected chi connectivity index (χ4v) is 2.81. The summed E-state index contributed by atoms with van der Waals surface area (Å²) in [6, 6.07) is 0. The standard InChI is InChI=1S/C14H15N3OS2/c1-3-5-6-8-10(7-4-2)13-15-11(9-19-13)12-16-14(18)20-17-12/h4-9H,3H2,1-2H3,(H,16,17,18)/b6-5+,7-4-,10-8+. The van der Waals surface area contributed by atoms with E-state index in [1.54, 1.807) is 0 Å². The Morgan fingerprint density at radius 2 is 2.35 bits per heavy atom. The van der Waals surface area contributed by atoms with Crippen molar-refractivity contribution in [2.45, 2.75) is 20.3 Å². The third kappa shape index (κ3) is 3.61. The van der Waals surface area contributed by atoms with E-state index in [1.165, 1.54) is 11.3 Å². The Balaban J connectivity index is 2.31. The van der Waals surface area contributed by atoms with Crippen molar-refractivity contribution in [1.82, 2.24) is 14.3 Å². The van der Waals surface area contributed by atoms with Crippen LogP contribution in [0.5, 0.6) is 0 Å². The molecule has 0 amide bonds.